The first-order valence-corrected chi connectivity index (χ1v) is 9.46. The molecule has 0 amide bonds. The van der Waals surface area contributed by atoms with Crippen LogP contribution in [-0.2, 0) is 16.7 Å². The summed E-state index contributed by atoms with van der Waals surface area (Å²) in [6.07, 6.45) is 3.31. The molecule has 0 unspecified atom stereocenters. The standard InChI is InChI=1S/C9H13BrN.C7H8O3S/c1-9-5-2-3-7-11(9)8-4-6-10;1-6-2-4-7(5-3-6)11(8,9)10/h2-3,5,7H,4,6,8H2,1H3;2-5H,1H3,(H,8,9,10)/q+1;. The number of pyridine rings is 1. The van der Waals surface area contributed by atoms with Crippen LogP contribution in [0.1, 0.15) is 17.7 Å². The van der Waals surface area contributed by atoms with Gasteiger partial charge < -0.3 is 0 Å². The zero-order valence-electron chi connectivity index (χ0n) is 12.7. The van der Waals surface area contributed by atoms with Gasteiger partial charge in [0.25, 0.3) is 10.1 Å². The second kappa shape index (κ2) is 9.02. The Morgan fingerprint density at radius 1 is 1.09 bits per heavy atom. The lowest BCUT2D eigenvalue weighted by molar-refractivity contribution is -0.702. The summed E-state index contributed by atoms with van der Waals surface area (Å²) in [6, 6.07) is 12.3. The van der Waals surface area contributed by atoms with E-state index in [-0.39, 0.29) is 4.90 Å². The molecular formula is C16H21BrNO3S+. The Morgan fingerprint density at radius 2 is 1.73 bits per heavy atom. The van der Waals surface area contributed by atoms with E-state index in [0.29, 0.717) is 0 Å². The first-order valence-electron chi connectivity index (χ1n) is 6.90. The van der Waals surface area contributed by atoms with Gasteiger partial charge in [-0.1, -0.05) is 39.7 Å². The fourth-order valence-corrected chi connectivity index (χ4v) is 2.48. The molecule has 0 spiro atoms. The summed E-state index contributed by atoms with van der Waals surface area (Å²) in [4.78, 5) is -0.0666. The third-order valence-corrected chi connectivity index (χ3v) is 4.45. The van der Waals surface area contributed by atoms with Crippen molar-refractivity contribution in [1.29, 1.82) is 0 Å². The van der Waals surface area contributed by atoms with Gasteiger partial charge in [-0.2, -0.15) is 8.42 Å². The van der Waals surface area contributed by atoms with E-state index in [1.165, 1.54) is 24.2 Å². The monoisotopic (exact) mass is 386 g/mol. The lowest BCUT2D eigenvalue weighted by Crippen LogP contribution is -2.36. The number of aromatic nitrogens is 1. The zero-order chi connectivity index (χ0) is 16.6. The molecule has 0 saturated heterocycles. The predicted molar refractivity (Wildman–Crippen MR) is 90.8 cm³/mol. The van der Waals surface area contributed by atoms with Crippen LogP contribution >= 0.6 is 15.9 Å². The first kappa shape index (κ1) is 18.8. The van der Waals surface area contributed by atoms with E-state index < -0.39 is 10.1 Å². The maximum absolute atomic E-state index is 10.5. The summed E-state index contributed by atoms with van der Waals surface area (Å²) >= 11 is 3.42. The highest BCUT2D eigenvalue weighted by Crippen LogP contribution is 2.08. The molecule has 22 heavy (non-hydrogen) atoms. The molecule has 0 radical (unpaired) electrons. The quantitative estimate of drug-likeness (QED) is 0.498. The van der Waals surface area contributed by atoms with Crippen molar-refractivity contribution in [1.82, 2.24) is 0 Å². The Kier molecular flexibility index (Phi) is 7.72. The second-order valence-corrected chi connectivity index (χ2v) is 7.08. The SMILES string of the molecule is Cc1ccc(S(=O)(=O)O)cc1.Cc1cccc[n+]1CCCBr. The van der Waals surface area contributed by atoms with Crippen molar-refractivity contribution in [2.45, 2.75) is 31.7 Å². The molecule has 2 rings (SSSR count). The molecule has 1 heterocycles. The Hall–Kier alpha value is -1.24. The minimum atomic E-state index is -4.02. The minimum absolute atomic E-state index is 0.0666. The van der Waals surface area contributed by atoms with Crippen LogP contribution in [0.25, 0.3) is 0 Å². The molecule has 0 aliphatic carbocycles. The molecule has 0 saturated carbocycles. The summed E-state index contributed by atoms with van der Waals surface area (Å²) in [7, 11) is -4.02. The van der Waals surface area contributed by atoms with E-state index in [4.69, 9.17) is 4.55 Å². The third kappa shape index (κ3) is 6.68. The number of alkyl halides is 1. The molecule has 0 fully saturated rings. The van der Waals surface area contributed by atoms with Crippen LogP contribution in [0.2, 0.25) is 0 Å². The molecule has 0 aliphatic heterocycles. The number of hydrogen-bond donors (Lipinski definition) is 1. The van der Waals surface area contributed by atoms with Crippen molar-refractivity contribution in [3.05, 3.63) is 59.9 Å². The number of rotatable bonds is 4. The Labute approximate surface area is 140 Å². The molecule has 4 nitrogen and oxygen atoms in total. The predicted octanol–water partition coefficient (Wildman–Crippen LogP) is 3.31. The first-order chi connectivity index (χ1) is 10.3. The van der Waals surface area contributed by atoms with Crippen molar-refractivity contribution in [2.24, 2.45) is 0 Å². The summed E-state index contributed by atoms with van der Waals surface area (Å²) in [5.41, 5.74) is 2.28. The van der Waals surface area contributed by atoms with Gasteiger partial charge in [-0.15, -0.1) is 0 Å². The van der Waals surface area contributed by atoms with Crippen molar-refractivity contribution >= 4 is 26.0 Å². The Bertz CT molecular complexity index is 685. The van der Waals surface area contributed by atoms with E-state index in [1.807, 2.05) is 6.92 Å². The maximum atomic E-state index is 10.5. The topological polar surface area (TPSA) is 58.3 Å². The summed E-state index contributed by atoms with van der Waals surface area (Å²) < 4.78 is 31.8. The van der Waals surface area contributed by atoms with Crippen molar-refractivity contribution in [2.75, 3.05) is 5.33 Å². The van der Waals surface area contributed by atoms with Gasteiger partial charge in [-0.25, -0.2) is 4.57 Å². The van der Waals surface area contributed by atoms with Crippen LogP contribution < -0.4 is 4.57 Å². The minimum Gasteiger partial charge on any atom is -0.282 e. The lowest BCUT2D eigenvalue weighted by atomic mass is 10.2. The van der Waals surface area contributed by atoms with E-state index >= 15 is 0 Å². The number of halogens is 1. The summed E-state index contributed by atoms with van der Waals surface area (Å²) in [5, 5.41) is 1.08. The van der Waals surface area contributed by atoms with Crippen LogP contribution in [-0.4, -0.2) is 18.3 Å². The van der Waals surface area contributed by atoms with Crippen LogP contribution in [0, 0.1) is 13.8 Å². The molecule has 120 valence electrons. The molecular weight excluding hydrogens is 366 g/mol. The average molecular weight is 387 g/mol. The molecule has 1 aromatic carbocycles. The van der Waals surface area contributed by atoms with E-state index in [1.54, 1.807) is 12.1 Å². The van der Waals surface area contributed by atoms with Crippen molar-refractivity contribution in [3.8, 4) is 0 Å². The molecule has 0 bridgehead atoms. The fraction of sp³-hybridized carbons (Fsp3) is 0.312. The van der Waals surface area contributed by atoms with Gasteiger partial charge in [0.2, 0.25) is 0 Å². The van der Waals surface area contributed by atoms with Gasteiger partial charge in [0.05, 0.1) is 4.90 Å². The fourth-order valence-electron chi connectivity index (χ4n) is 1.75. The van der Waals surface area contributed by atoms with Gasteiger partial charge in [-0.05, 0) is 19.1 Å². The van der Waals surface area contributed by atoms with Crippen LogP contribution in [0.4, 0.5) is 0 Å². The Morgan fingerprint density at radius 3 is 2.23 bits per heavy atom. The highest BCUT2D eigenvalue weighted by atomic mass is 79.9. The summed E-state index contributed by atoms with van der Waals surface area (Å²) in [6.45, 7) is 5.08. The van der Waals surface area contributed by atoms with E-state index in [2.05, 4.69) is 51.8 Å². The van der Waals surface area contributed by atoms with E-state index in [9.17, 15) is 8.42 Å². The van der Waals surface area contributed by atoms with Gasteiger partial charge in [0, 0.05) is 30.8 Å². The highest BCUT2D eigenvalue weighted by molar-refractivity contribution is 9.09. The van der Waals surface area contributed by atoms with Gasteiger partial charge in [0.1, 0.15) is 6.54 Å². The largest absolute Gasteiger partial charge is 0.294 e. The third-order valence-electron chi connectivity index (χ3n) is 3.02. The zero-order valence-corrected chi connectivity index (χ0v) is 15.1. The molecule has 6 heteroatoms. The maximum Gasteiger partial charge on any atom is 0.294 e. The molecule has 2 aromatic rings. The smallest absolute Gasteiger partial charge is 0.282 e. The van der Waals surface area contributed by atoms with Crippen LogP contribution in [0.3, 0.4) is 0 Å². The van der Waals surface area contributed by atoms with Gasteiger partial charge >= 0.3 is 0 Å². The summed E-state index contributed by atoms with van der Waals surface area (Å²) in [5.74, 6) is 0. The highest BCUT2D eigenvalue weighted by Gasteiger charge is 2.06. The number of benzene rings is 1. The normalized spacial score (nSPS) is 10.7. The number of hydrogen-bond acceptors (Lipinski definition) is 2. The van der Waals surface area contributed by atoms with E-state index in [0.717, 1.165) is 17.4 Å². The second-order valence-electron chi connectivity index (χ2n) is 4.87. The number of aryl methyl sites for hydroxylation is 3. The lowest BCUT2D eigenvalue weighted by Gasteiger charge is -1.96. The van der Waals surface area contributed by atoms with Crippen molar-refractivity contribution in [3.63, 3.8) is 0 Å². The van der Waals surface area contributed by atoms with Crippen LogP contribution in [0.5, 0.6) is 0 Å². The molecule has 1 N–H and O–H groups in total. The molecule has 0 aliphatic rings. The van der Waals surface area contributed by atoms with Crippen molar-refractivity contribution < 1.29 is 17.5 Å². The Balaban J connectivity index is 0.000000220. The number of nitrogens with zero attached hydrogens (tertiary/aromatic N) is 1. The average Bonchev–Trinajstić information content (AvgIpc) is 2.47. The molecule has 0 atom stereocenters. The van der Waals surface area contributed by atoms with Gasteiger partial charge in [0.15, 0.2) is 11.9 Å². The molecule has 1 aromatic heterocycles. The van der Waals surface area contributed by atoms with Gasteiger partial charge in [-0.3, -0.25) is 4.55 Å². The van der Waals surface area contributed by atoms with Crippen LogP contribution in [0.15, 0.2) is 53.6 Å².